The summed E-state index contributed by atoms with van der Waals surface area (Å²) in [6, 6.07) is 0. The van der Waals surface area contributed by atoms with Gasteiger partial charge in [0, 0.05) is 5.41 Å². The number of hydrogen-bond donors (Lipinski definition) is 0. The highest BCUT2D eigenvalue weighted by atomic mass is 16.1. The largest absolute Gasteiger partial charge is 0.290 e. The fraction of sp³-hybridized carbons (Fsp3) is 0.889. The average Bonchev–Trinajstić information content (AvgIpc) is 1.60. The average molecular weight is 141 g/mol. The van der Waals surface area contributed by atoms with Crippen LogP contribution in [0.4, 0.5) is 0 Å². The Hall–Kier alpha value is -0.330. The fourth-order valence-electron chi connectivity index (χ4n) is 1.36. The molecule has 0 aromatic rings. The van der Waals surface area contributed by atoms with E-state index in [9.17, 15) is 4.79 Å². The Morgan fingerprint density at radius 1 is 1.10 bits per heavy atom. The van der Waals surface area contributed by atoms with Crippen LogP contribution in [0.3, 0.4) is 0 Å². The molecule has 59 valence electrons. The van der Waals surface area contributed by atoms with Gasteiger partial charge in [0.2, 0.25) is 6.29 Å². The van der Waals surface area contributed by atoms with E-state index in [-0.39, 0.29) is 10.8 Å². The van der Waals surface area contributed by atoms with Gasteiger partial charge in [-0.05, 0) is 11.8 Å². The zero-order chi connectivity index (χ0) is 8.41. The highest BCUT2D eigenvalue weighted by Crippen LogP contribution is 2.30. The molecule has 0 saturated heterocycles. The number of rotatable bonds is 2. The monoisotopic (exact) mass is 141 g/mol. The molecule has 1 heteroatoms. The Labute approximate surface area is 63.8 Å². The van der Waals surface area contributed by atoms with Gasteiger partial charge in [-0.25, -0.2) is 0 Å². The minimum Gasteiger partial charge on any atom is -0.290 e. The van der Waals surface area contributed by atoms with Crippen molar-refractivity contribution < 1.29 is 4.79 Å². The first-order valence-electron chi connectivity index (χ1n) is 3.66. The van der Waals surface area contributed by atoms with Crippen molar-refractivity contribution in [2.75, 3.05) is 0 Å². The van der Waals surface area contributed by atoms with Crippen molar-refractivity contribution in [2.45, 2.75) is 41.0 Å². The van der Waals surface area contributed by atoms with E-state index < -0.39 is 0 Å². The molecule has 0 saturated carbocycles. The molecule has 1 radical (unpaired) electrons. The summed E-state index contributed by atoms with van der Waals surface area (Å²) in [6.45, 7) is 10.2. The Morgan fingerprint density at radius 2 is 1.50 bits per heavy atom. The van der Waals surface area contributed by atoms with Gasteiger partial charge >= 0.3 is 0 Å². The molecule has 0 unspecified atom stereocenters. The smallest absolute Gasteiger partial charge is 0.204 e. The van der Waals surface area contributed by atoms with Crippen LogP contribution in [0.15, 0.2) is 0 Å². The topological polar surface area (TPSA) is 17.1 Å². The third kappa shape index (κ3) is 4.54. The van der Waals surface area contributed by atoms with E-state index in [1.165, 1.54) is 0 Å². The van der Waals surface area contributed by atoms with E-state index in [1.54, 1.807) is 0 Å². The van der Waals surface area contributed by atoms with Gasteiger partial charge in [0.25, 0.3) is 0 Å². The molecule has 0 aromatic carbocycles. The molecule has 0 atom stereocenters. The van der Waals surface area contributed by atoms with Crippen LogP contribution in [0.2, 0.25) is 0 Å². The zero-order valence-corrected chi connectivity index (χ0v) is 7.62. The molecule has 0 bridgehead atoms. The lowest BCUT2D eigenvalue weighted by molar-refractivity contribution is 0.271. The van der Waals surface area contributed by atoms with Crippen molar-refractivity contribution in [1.82, 2.24) is 0 Å². The van der Waals surface area contributed by atoms with Gasteiger partial charge in [-0.3, -0.25) is 4.79 Å². The molecule has 10 heavy (non-hydrogen) atoms. The summed E-state index contributed by atoms with van der Waals surface area (Å²) in [5.74, 6) is 0. The first kappa shape index (κ1) is 9.67. The van der Waals surface area contributed by atoms with Gasteiger partial charge in [0.05, 0.1) is 0 Å². The van der Waals surface area contributed by atoms with Crippen molar-refractivity contribution in [2.24, 2.45) is 10.8 Å². The summed E-state index contributed by atoms with van der Waals surface area (Å²) in [4.78, 5) is 10.4. The van der Waals surface area contributed by atoms with Crippen molar-refractivity contribution in [3.8, 4) is 0 Å². The van der Waals surface area contributed by atoms with Gasteiger partial charge < -0.3 is 0 Å². The molecular formula is C9H17O. The molecule has 0 aliphatic heterocycles. The van der Waals surface area contributed by atoms with E-state index >= 15 is 0 Å². The standard InChI is InChI=1S/C9H17O/c1-8(2,3)6-9(4,5)7-10/h6H2,1-5H3. The Kier molecular flexibility index (Phi) is 2.64. The van der Waals surface area contributed by atoms with Crippen LogP contribution in [0.1, 0.15) is 41.0 Å². The van der Waals surface area contributed by atoms with Gasteiger partial charge in [0.15, 0.2) is 0 Å². The molecule has 0 rings (SSSR count). The summed E-state index contributed by atoms with van der Waals surface area (Å²) >= 11 is 0. The van der Waals surface area contributed by atoms with Gasteiger partial charge in [-0.1, -0.05) is 34.6 Å². The summed E-state index contributed by atoms with van der Waals surface area (Å²) in [5.41, 5.74) is -0.0564. The van der Waals surface area contributed by atoms with Crippen LogP contribution in [0, 0.1) is 10.8 Å². The third-order valence-electron chi connectivity index (χ3n) is 1.25. The SMILES string of the molecule is CC(C)(C)CC(C)(C)[C]=O. The summed E-state index contributed by atoms with van der Waals surface area (Å²) in [6.07, 6.45) is 2.94. The molecule has 0 spiro atoms. The molecule has 0 amide bonds. The maximum absolute atomic E-state index is 10.4. The summed E-state index contributed by atoms with van der Waals surface area (Å²) in [7, 11) is 0. The van der Waals surface area contributed by atoms with Crippen molar-refractivity contribution in [1.29, 1.82) is 0 Å². The van der Waals surface area contributed by atoms with Crippen LogP contribution < -0.4 is 0 Å². The molecule has 0 heterocycles. The lowest BCUT2D eigenvalue weighted by Crippen LogP contribution is -2.21. The van der Waals surface area contributed by atoms with Crippen LogP contribution >= 0.6 is 0 Å². The van der Waals surface area contributed by atoms with Gasteiger partial charge in [0.1, 0.15) is 0 Å². The van der Waals surface area contributed by atoms with E-state index in [0.717, 1.165) is 6.42 Å². The van der Waals surface area contributed by atoms with E-state index in [4.69, 9.17) is 0 Å². The van der Waals surface area contributed by atoms with Crippen LogP contribution in [0.25, 0.3) is 0 Å². The van der Waals surface area contributed by atoms with Crippen molar-refractivity contribution in [3.63, 3.8) is 0 Å². The number of carbonyl (C=O) groups excluding carboxylic acids is 1. The molecule has 0 aliphatic rings. The minimum atomic E-state index is -0.280. The zero-order valence-electron chi connectivity index (χ0n) is 7.62. The lowest BCUT2D eigenvalue weighted by atomic mass is 9.77. The van der Waals surface area contributed by atoms with Gasteiger partial charge in [-0.15, -0.1) is 0 Å². The molecule has 0 aromatic heterocycles. The first-order valence-corrected chi connectivity index (χ1v) is 3.66. The first-order chi connectivity index (χ1) is 4.27. The Balaban J connectivity index is 4.01. The van der Waals surface area contributed by atoms with Crippen molar-refractivity contribution in [3.05, 3.63) is 0 Å². The highest BCUT2D eigenvalue weighted by Gasteiger charge is 2.25. The second-order valence-electron chi connectivity index (χ2n) is 4.72. The third-order valence-corrected chi connectivity index (χ3v) is 1.25. The normalized spacial score (nSPS) is 13.3. The van der Waals surface area contributed by atoms with Crippen LogP contribution in [-0.2, 0) is 4.79 Å². The second kappa shape index (κ2) is 2.73. The molecule has 0 fully saturated rings. The van der Waals surface area contributed by atoms with E-state index in [1.807, 2.05) is 20.1 Å². The fourth-order valence-corrected chi connectivity index (χ4v) is 1.36. The molecule has 0 N–H and O–H groups in total. The van der Waals surface area contributed by atoms with Crippen LogP contribution in [-0.4, -0.2) is 6.29 Å². The highest BCUT2D eigenvalue weighted by molar-refractivity contribution is 5.58. The predicted molar refractivity (Wildman–Crippen MR) is 43.5 cm³/mol. The molecule has 1 nitrogen and oxygen atoms in total. The van der Waals surface area contributed by atoms with Gasteiger partial charge in [-0.2, -0.15) is 0 Å². The van der Waals surface area contributed by atoms with Crippen LogP contribution in [0.5, 0.6) is 0 Å². The van der Waals surface area contributed by atoms with Crippen molar-refractivity contribution >= 4 is 6.29 Å². The molecular weight excluding hydrogens is 124 g/mol. The van der Waals surface area contributed by atoms with E-state index in [2.05, 4.69) is 20.8 Å². The quantitative estimate of drug-likeness (QED) is 0.577. The maximum Gasteiger partial charge on any atom is 0.204 e. The second-order valence-corrected chi connectivity index (χ2v) is 4.72. The lowest BCUT2D eigenvalue weighted by Gasteiger charge is -2.26. The minimum absolute atomic E-state index is 0.223. The maximum atomic E-state index is 10.4. The summed E-state index contributed by atoms with van der Waals surface area (Å²) in [5, 5.41) is 0. The molecule has 0 aliphatic carbocycles. The van der Waals surface area contributed by atoms with E-state index in [0.29, 0.717) is 0 Å². The Bertz CT molecular complexity index is 117. The Morgan fingerprint density at radius 3 is 1.60 bits per heavy atom. The number of hydrogen-bond acceptors (Lipinski definition) is 1. The summed E-state index contributed by atoms with van der Waals surface area (Å²) < 4.78 is 0. The predicted octanol–water partition coefficient (Wildman–Crippen LogP) is 2.56.